The van der Waals surface area contributed by atoms with Crippen molar-refractivity contribution in [3.05, 3.63) is 83.8 Å². The first-order valence-corrected chi connectivity index (χ1v) is 12.6. The molecule has 1 N–H and O–H groups in total. The van der Waals surface area contributed by atoms with E-state index in [0.29, 0.717) is 12.2 Å². The summed E-state index contributed by atoms with van der Waals surface area (Å²) in [6.45, 7) is 2.45. The predicted molar refractivity (Wildman–Crippen MR) is 134 cm³/mol. The van der Waals surface area contributed by atoms with Crippen LogP contribution in [0.15, 0.2) is 66.7 Å². The lowest BCUT2D eigenvalue weighted by atomic mass is 9.92. The van der Waals surface area contributed by atoms with Crippen LogP contribution in [-0.2, 0) is 17.9 Å². The highest BCUT2D eigenvalue weighted by Crippen LogP contribution is 2.34. The molecule has 2 aliphatic rings. The summed E-state index contributed by atoms with van der Waals surface area (Å²) >= 11 is 0. The summed E-state index contributed by atoms with van der Waals surface area (Å²) in [4.78, 5) is 29.4. The van der Waals surface area contributed by atoms with Gasteiger partial charge < -0.3 is 14.8 Å². The topological polar surface area (TPSA) is 54.3 Å². The van der Waals surface area contributed by atoms with Crippen molar-refractivity contribution in [2.24, 2.45) is 0 Å². The van der Waals surface area contributed by atoms with Crippen LogP contribution in [0.25, 0.3) is 11.3 Å². The van der Waals surface area contributed by atoms with E-state index in [1.807, 2.05) is 54.0 Å². The van der Waals surface area contributed by atoms with Crippen molar-refractivity contribution in [1.29, 1.82) is 0 Å². The number of aromatic nitrogens is 1. The van der Waals surface area contributed by atoms with Crippen LogP contribution in [0.5, 0.6) is 0 Å². The summed E-state index contributed by atoms with van der Waals surface area (Å²) in [5, 5.41) is 3.29. The van der Waals surface area contributed by atoms with Crippen LogP contribution in [0.4, 0.5) is 4.39 Å². The fraction of sp³-hybridized carbons (Fsp3) is 0.379. The lowest BCUT2D eigenvalue weighted by Crippen LogP contribution is -2.64. The Balaban J connectivity index is 1.52. The quantitative estimate of drug-likeness (QED) is 0.494. The van der Waals surface area contributed by atoms with Gasteiger partial charge in [-0.1, -0.05) is 68.1 Å². The van der Waals surface area contributed by atoms with Crippen LogP contribution in [0.1, 0.15) is 61.5 Å². The van der Waals surface area contributed by atoms with Crippen molar-refractivity contribution < 1.29 is 14.0 Å². The number of nitrogens with zero attached hydrogens (tertiary/aromatic N) is 2. The van der Waals surface area contributed by atoms with E-state index in [-0.39, 0.29) is 30.2 Å². The van der Waals surface area contributed by atoms with Crippen molar-refractivity contribution in [3.8, 4) is 11.3 Å². The molecule has 0 bridgehead atoms. The van der Waals surface area contributed by atoms with Crippen molar-refractivity contribution in [3.63, 3.8) is 0 Å². The van der Waals surface area contributed by atoms with Gasteiger partial charge >= 0.3 is 0 Å². The van der Waals surface area contributed by atoms with Crippen molar-refractivity contribution in [2.75, 3.05) is 0 Å². The standard InChI is InChI=1S/C29H32FN3O2/c1-29(28(35)31-24-11-7-2-3-8-12-24)20-32-25(22-9-5-4-6-10-22)17-18-26(32)27(34)33(29)19-21-13-15-23(30)16-14-21/h4-6,9-10,13-18,24H,2-3,7-8,11-12,19-20H2,1H3,(H,31,35). The van der Waals surface area contributed by atoms with Gasteiger partial charge in [0.15, 0.2) is 0 Å². The molecule has 1 atom stereocenters. The Bertz CT molecular complexity index is 1200. The van der Waals surface area contributed by atoms with Crippen molar-refractivity contribution in [2.45, 2.75) is 70.1 Å². The molecule has 1 unspecified atom stereocenters. The second kappa shape index (κ2) is 9.68. The Kier molecular flexibility index (Phi) is 6.46. The first-order valence-electron chi connectivity index (χ1n) is 12.6. The third-order valence-electron chi connectivity index (χ3n) is 7.51. The van der Waals surface area contributed by atoms with Crippen LogP contribution in [0.2, 0.25) is 0 Å². The van der Waals surface area contributed by atoms with Gasteiger partial charge in [-0.3, -0.25) is 9.59 Å². The summed E-state index contributed by atoms with van der Waals surface area (Å²) in [5.41, 5.74) is 2.18. The van der Waals surface area contributed by atoms with Crippen molar-refractivity contribution in [1.82, 2.24) is 14.8 Å². The Labute approximate surface area is 205 Å². The average Bonchev–Trinajstić information content (AvgIpc) is 3.11. The summed E-state index contributed by atoms with van der Waals surface area (Å²) in [6, 6.07) is 20.0. The smallest absolute Gasteiger partial charge is 0.271 e. The molecule has 1 aromatic heterocycles. The van der Waals surface area contributed by atoms with E-state index in [2.05, 4.69) is 5.32 Å². The lowest BCUT2D eigenvalue weighted by molar-refractivity contribution is -0.134. The molecule has 5 rings (SSSR count). The molecular formula is C29H32FN3O2. The third kappa shape index (κ3) is 4.62. The van der Waals surface area contributed by atoms with Gasteiger partial charge in [-0.15, -0.1) is 0 Å². The van der Waals surface area contributed by atoms with E-state index in [4.69, 9.17) is 0 Å². The molecular weight excluding hydrogens is 441 g/mol. The highest BCUT2D eigenvalue weighted by Gasteiger charge is 2.48. The second-order valence-corrected chi connectivity index (χ2v) is 10.0. The van der Waals surface area contributed by atoms with Crippen LogP contribution < -0.4 is 5.32 Å². The van der Waals surface area contributed by atoms with E-state index in [0.717, 1.165) is 42.5 Å². The molecule has 2 heterocycles. The number of benzene rings is 2. The fourth-order valence-electron chi connectivity index (χ4n) is 5.42. The molecule has 2 aromatic carbocycles. The number of nitrogens with one attached hydrogen (secondary N) is 1. The maximum atomic E-state index is 13.9. The number of amides is 2. The second-order valence-electron chi connectivity index (χ2n) is 10.0. The van der Waals surface area contributed by atoms with Gasteiger partial charge in [0.25, 0.3) is 5.91 Å². The SMILES string of the molecule is CC1(C(=O)NC2CCCCCC2)Cn2c(ccc2-c2ccccc2)C(=O)N1Cc1ccc(F)cc1. The summed E-state index contributed by atoms with van der Waals surface area (Å²) in [6.07, 6.45) is 6.56. The molecule has 182 valence electrons. The molecule has 1 saturated carbocycles. The van der Waals surface area contributed by atoms with E-state index in [1.54, 1.807) is 17.0 Å². The minimum Gasteiger partial charge on any atom is -0.351 e. The normalized spacial score (nSPS) is 20.9. The molecule has 35 heavy (non-hydrogen) atoms. The largest absolute Gasteiger partial charge is 0.351 e. The highest BCUT2D eigenvalue weighted by atomic mass is 19.1. The number of rotatable bonds is 5. The van der Waals surface area contributed by atoms with E-state index >= 15 is 0 Å². The van der Waals surface area contributed by atoms with Crippen molar-refractivity contribution >= 4 is 11.8 Å². The molecule has 3 aromatic rings. The van der Waals surface area contributed by atoms with Crippen LogP contribution >= 0.6 is 0 Å². The molecule has 1 fully saturated rings. The minimum absolute atomic E-state index is 0.127. The number of hydrogen-bond acceptors (Lipinski definition) is 2. The first-order chi connectivity index (χ1) is 17.0. The number of halogens is 1. The van der Waals surface area contributed by atoms with Gasteiger partial charge in [0.05, 0.1) is 6.54 Å². The fourth-order valence-corrected chi connectivity index (χ4v) is 5.42. The van der Waals surface area contributed by atoms with Gasteiger partial charge in [-0.05, 0) is 55.2 Å². The van der Waals surface area contributed by atoms with Crippen LogP contribution in [0.3, 0.4) is 0 Å². The molecule has 0 spiro atoms. The van der Waals surface area contributed by atoms with Crippen LogP contribution in [0, 0.1) is 5.82 Å². The Morgan fingerprint density at radius 1 is 0.943 bits per heavy atom. The van der Waals surface area contributed by atoms with Crippen LogP contribution in [-0.4, -0.2) is 32.9 Å². The van der Waals surface area contributed by atoms with Gasteiger partial charge in [0.2, 0.25) is 5.91 Å². The number of carbonyl (C=O) groups is 2. The Morgan fingerprint density at radius 3 is 2.29 bits per heavy atom. The maximum absolute atomic E-state index is 13.9. The molecule has 1 aliphatic carbocycles. The van der Waals surface area contributed by atoms with E-state index in [9.17, 15) is 14.0 Å². The van der Waals surface area contributed by atoms with Gasteiger partial charge in [-0.2, -0.15) is 0 Å². The number of carbonyl (C=O) groups excluding carboxylic acids is 2. The minimum atomic E-state index is -1.09. The van der Waals surface area contributed by atoms with Gasteiger partial charge in [0.1, 0.15) is 17.1 Å². The van der Waals surface area contributed by atoms with Gasteiger partial charge in [-0.25, -0.2) is 4.39 Å². The third-order valence-corrected chi connectivity index (χ3v) is 7.51. The molecule has 6 heteroatoms. The average molecular weight is 474 g/mol. The highest BCUT2D eigenvalue weighted by molar-refractivity contribution is 6.00. The Morgan fingerprint density at radius 2 is 1.60 bits per heavy atom. The molecule has 1 aliphatic heterocycles. The summed E-state index contributed by atoms with van der Waals surface area (Å²) in [5.74, 6) is -0.645. The van der Waals surface area contributed by atoms with Gasteiger partial charge in [0, 0.05) is 18.3 Å². The summed E-state index contributed by atoms with van der Waals surface area (Å²) < 4.78 is 15.5. The monoisotopic (exact) mass is 473 g/mol. The summed E-state index contributed by atoms with van der Waals surface area (Å²) in [7, 11) is 0. The molecule has 2 amide bonds. The number of fused-ring (bicyclic) bond motifs is 1. The Hall–Kier alpha value is -3.41. The first kappa shape index (κ1) is 23.3. The maximum Gasteiger partial charge on any atom is 0.271 e. The number of hydrogen-bond donors (Lipinski definition) is 1. The molecule has 5 nitrogen and oxygen atoms in total. The zero-order valence-corrected chi connectivity index (χ0v) is 20.2. The predicted octanol–water partition coefficient (Wildman–Crippen LogP) is 5.55. The zero-order valence-electron chi connectivity index (χ0n) is 20.2. The zero-order chi connectivity index (χ0) is 24.4. The van der Waals surface area contributed by atoms with E-state index in [1.165, 1.54) is 25.0 Å². The lowest BCUT2D eigenvalue weighted by Gasteiger charge is -2.45. The molecule has 0 radical (unpaired) electrons. The van der Waals surface area contributed by atoms with E-state index < -0.39 is 5.54 Å². The molecule has 0 saturated heterocycles.